The Balaban J connectivity index is 2.35. The Morgan fingerprint density at radius 2 is 2.04 bits per heavy atom. The molecule has 0 fully saturated rings. The molecule has 2 rings (SSSR count). The molecule has 25 heavy (non-hydrogen) atoms. The molecule has 0 spiro atoms. The van der Waals surface area contributed by atoms with Gasteiger partial charge in [0.2, 0.25) is 0 Å². The summed E-state index contributed by atoms with van der Waals surface area (Å²) in [7, 11) is 1.39. The quantitative estimate of drug-likeness (QED) is 0.341. The van der Waals surface area contributed by atoms with Gasteiger partial charge in [-0.2, -0.15) is 0 Å². The Hall–Kier alpha value is -3.21. The van der Waals surface area contributed by atoms with E-state index in [1.807, 2.05) is 6.92 Å². The summed E-state index contributed by atoms with van der Waals surface area (Å²) in [4.78, 5) is 12.0. The van der Waals surface area contributed by atoms with E-state index in [0.29, 0.717) is 22.6 Å². The highest BCUT2D eigenvalue weighted by molar-refractivity contribution is 5.91. The summed E-state index contributed by atoms with van der Waals surface area (Å²) in [6.45, 7) is 1.90. The van der Waals surface area contributed by atoms with Crippen LogP contribution in [0.15, 0.2) is 36.4 Å². The number of amides is 2. The number of hydrazine groups is 2. The van der Waals surface area contributed by atoms with Crippen molar-refractivity contribution in [3.63, 3.8) is 0 Å². The molecule has 0 unspecified atom stereocenters. The number of aromatic hydroxyl groups is 1. The van der Waals surface area contributed by atoms with Gasteiger partial charge >= 0.3 is 6.03 Å². The van der Waals surface area contributed by atoms with Gasteiger partial charge in [-0.1, -0.05) is 12.0 Å². The van der Waals surface area contributed by atoms with Crippen molar-refractivity contribution < 1.29 is 14.6 Å². The number of nitrogens with zero attached hydrogens (tertiary/aromatic N) is 2. The fourth-order valence-corrected chi connectivity index (χ4v) is 2.31. The lowest BCUT2D eigenvalue weighted by molar-refractivity contribution is 0.216. The van der Waals surface area contributed by atoms with Gasteiger partial charge in [-0.3, -0.25) is 5.01 Å². The highest BCUT2D eigenvalue weighted by Gasteiger charge is 2.19. The lowest BCUT2D eigenvalue weighted by Crippen LogP contribution is -2.49. The number of carbonyl (C=O) groups is 1. The fraction of sp³-hybridized carbons (Fsp3) is 0.167. The Kier molecular flexibility index (Phi) is 5.49. The van der Waals surface area contributed by atoms with E-state index in [0.717, 1.165) is 15.6 Å². The monoisotopic (exact) mass is 340 g/mol. The van der Waals surface area contributed by atoms with Crippen molar-refractivity contribution in [1.29, 1.82) is 0 Å². The van der Waals surface area contributed by atoms with Crippen LogP contribution < -0.4 is 21.4 Å². The van der Waals surface area contributed by atoms with Crippen LogP contribution in [0.3, 0.4) is 0 Å². The van der Waals surface area contributed by atoms with Crippen LogP contribution in [0.5, 0.6) is 11.5 Å². The highest BCUT2D eigenvalue weighted by atomic mass is 16.5. The molecule has 0 aliphatic heterocycles. The standard InChI is InChI=1S/C18H20N4O3/c1-4-13-6-5-7-16(22(20)18(24)21(3)19)15(13)11-25-17-9-8-14(23)10-12(17)2/h1,5-10,23H,11,19-20H2,2-3H3. The molecule has 2 aromatic rings. The first kappa shape index (κ1) is 18.1. The van der Waals surface area contributed by atoms with Gasteiger partial charge in [0.05, 0.1) is 5.69 Å². The zero-order chi connectivity index (χ0) is 18.6. The van der Waals surface area contributed by atoms with Crippen LogP contribution in [-0.2, 0) is 6.61 Å². The molecule has 0 heterocycles. The number of phenolic OH excluding ortho intramolecular Hbond substituents is 1. The molecular weight excluding hydrogens is 320 g/mol. The molecule has 7 nitrogen and oxygen atoms in total. The average Bonchev–Trinajstić information content (AvgIpc) is 2.59. The molecule has 2 amide bonds. The smallest absolute Gasteiger partial charge is 0.352 e. The first-order valence-electron chi connectivity index (χ1n) is 7.43. The van der Waals surface area contributed by atoms with Crippen molar-refractivity contribution in [2.75, 3.05) is 12.1 Å². The third kappa shape index (κ3) is 4.01. The van der Waals surface area contributed by atoms with E-state index in [2.05, 4.69) is 5.92 Å². The van der Waals surface area contributed by atoms with Crippen LogP contribution in [0.2, 0.25) is 0 Å². The summed E-state index contributed by atoms with van der Waals surface area (Å²) in [6, 6.07) is 9.26. The summed E-state index contributed by atoms with van der Waals surface area (Å²) in [6.07, 6.45) is 5.56. The molecule has 5 N–H and O–H groups in total. The molecule has 7 heteroatoms. The molecule has 0 radical (unpaired) electrons. The van der Waals surface area contributed by atoms with Crippen LogP contribution in [0.1, 0.15) is 16.7 Å². The van der Waals surface area contributed by atoms with Gasteiger partial charge in [-0.15, -0.1) is 6.42 Å². The molecule has 0 atom stereocenters. The van der Waals surface area contributed by atoms with Crippen molar-refractivity contribution in [1.82, 2.24) is 5.01 Å². The number of rotatable bonds is 4. The van der Waals surface area contributed by atoms with E-state index < -0.39 is 6.03 Å². The third-order valence-electron chi connectivity index (χ3n) is 3.60. The first-order valence-corrected chi connectivity index (χ1v) is 7.43. The van der Waals surface area contributed by atoms with Gasteiger partial charge in [0.1, 0.15) is 18.1 Å². The molecule has 0 bridgehead atoms. The number of hydrogen-bond donors (Lipinski definition) is 3. The molecule has 0 saturated carbocycles. The van der Waals surface area contributed by atoms with E-state index in [9.17, 15) is 9.90 Å². The van der Waals surface area contributed by atoms with E-state index in [4.69, 9.17) is 22.8 Å². The molecular formula is C18H20N4O3. The number of carbonyl (C=O) groups excluding carboxylic acids is 1. The second-order valence-corrected chi connectivity index (χ2v) is 5.45. The number of anilines is 1. The van der Waals surface area contributed by atoms with E-state index in [1.165, 1.54) is 13.1 Å². The number of phenols is 1. The molecule has 0 aliphatic carbocycles. The summed E-state index contributed by atoms with van der Waals surface area (Å²) < 4.78 is 5.81. The van der Waals surface area contributed by atoms with E-state index in [-0.39, 0.29) is 12.4 Å². The first-order chi connectivity index (χ1) is 11.8. The fourth-order valence-electron chi connectivity index (χ4n) is 2.31. The summed E-state index contributed by atoms with van der Waals surface area (Å²) in [5, 5.41) is 11.3. The minimum Gasteiger partial charge on any atom is -0.508 e. The molecule has 2 aromatic carbocycles. The van der Waals surface area contributed by atoms with Gasteiger partial charge in [0.15, 0.2) is 0 Å². The maximum absolute atomic E-state index is 12.0. The zero-order valence-electron chi connectivity index (χ0n) is 14.1. The zero-order valence-corrected chi connectivity index (χ0v) is 14.1. The number of benzene rings is 2. The van der Waals surface area contributed by atoms with Crippen molar-refractivity contribution in [3.05, 3.63) is 53.1 Å². The summed E-state index contributed by atoms with van der Waals surface area (Å²) in [5.74, 6) is 14.6. The van der Waals surface area contributed by atoms with Gasteiger partial charge in [-0.25, -0.2) is 21.5 Å². The largest absolute Gasteiger partial charge is 0.508 e. The van der Waals surface area contributed by atoms with Crippen LogP contribution in [0.4, 0.5) is 10.5 Å². The van der Waals surface area contributed by atoms with Gasteiger partial charge in [-0.05, 0) is 42.8 Å². The number of aryl methyl sites for hydroxylation is 1. The maximum Gasteiger partial charge on any atom is 0.352 e. The van der Waals surface area contributed by atoms with Crippen LogP contribution in [0, 0.1) is 19.3 Å². The highest BCUT2D eigenvalue weighted by Crippen LogP contribution is 2.27. The molecule has 130 valence electrons. The second kappa shape index (κ2) is 7.57. The minimum absolute atomic E-state index is 0.0938. The molecule has 0 aromatic heterocycles. The molecule has 0 aliphatic rings. The Bertz CT molecular complexity index is 828. The third-order valence-corrected chi connectivity index (χ3v) is 3.60. The lowest BCUT2D eigenvalue weighted by Gasteiger charge is -2.24. The normalized spacial score (nSPS) is 10.0. The van der Waals surface area contributed by atoms with E-state index in [1.54, 1.807) is 30.3 Å². The SMILES string of the molecule is C#Cc1cccc(N(N)C(=O)N(C)N)c1COc1ccc(O)cc1C. The Morgan fingerprint density at radius 1 is 1.32 bits per heavy atom. The lowest BCUT2D eigenvalue weighted by atomic mass is 10.1. The predicted molar refractivity (Wildman–Crippen MR) is 95.6 cm³/mol. The number of ether oxygens (including phenoxy) is 1. The average molecular weight is 340 g/mol. The van der Waals surface area contributed by atoms with E-state index >= 15 is 0 Å². The number of terminal acetylenes is 1. The summed E-state index contributed by atoms with van der Waals surface area (Å²) in [5.41, 5.74) is 2.29. The van der Waals surface area contributed by atoms with Gasteiger partial charge in [0, 0.05) is 18.2 Å². The van der Waals surface area contributed by atoms with Crippen LogP contribution in [0.25, 0.3) is 0 Å². The van der Waals surface area contributed by atoms with Crippen molar-refractivity contribution in [3.8, 4) is 23.8 Å². The van der Waals surface area contributed by atoms with Gasteiger partial charge in [0.25, 0.3) is 0 Å². The topological polar surface area (TPSA) is 105 Å². The van der Waals surface area contributed by atoms with Crippen LogP contribution >= 0.6 is 0 Å². The Morgan fingerprint density at radius 3 is 2.64 bits per heavy atom. The molecule has 0 saturated heterocycles. The van der Waals surface area contributed by atoms with Crippen molar-refractivity contribution in [2.45, 2.75) is 13.5 Å². The second-order valence-electron chi connectivity index (χ2n) is 5.45. The number of urea groups is 1. The number of nitrogens with two attached hydrogens (primary N) is 2. The van der Waals surface area contributed by atoms with Crippen molar-refractivity contribution >= 4 is 11.7 Å². The number of hydrogen-bond acceptors (Lipinski definition) is 5. The van der Waals surface area contributed by atoms with Crippen molar-refractivity contribution in [2.24, 2.45) is 11.7 Å². The predicted octanol–water partition coefficient (Wildman–Crippen LogP) is 1.87. The van der Waals surface area contributed by atoms with Crippen LogP contribution in [-0.4, -0.2) is 23.2 Å². The summed E-state index contributed by atoms with van der Waals surface area (Å²) >= 11 is 0. The maximum atomic E-state index is 12.0. The minimum atomic E-state index is -0.601. The Labute approximate surface area is 146 Å². The van der Waals surface area contributed by atoms with Gasteiger partial charge < -0.3 is 9.84 Å².